The molecule has 4 nitrogen and oxygen atoms in total. The van der Waals surface area contributed by atoms with Crippen LogP contribution in [0.1, 0.15) is 13.8 Å². The van der Waals surface area contributed by atoms with Crippen LogP contribution in [0.4, 0.5) is 5.82 Å². The van der Waals surface area contributed by atoms with Crippen molar-refractivity contribution in [2.24, 2.45) is 5.92 Å². The van der Waals surface area contributed by atoms with Gasteiger partial charge in [-0.15, -0.1) is 0 Å². The lowest BCUT2D eigenvalue weighted by Gasteiger charge is -2.21. The van der Waals surface area contributed by atoms with Crippen molar-refractivity contribution in [2.75, 3.05) is 18.5 Å². The van der Waals surface area contributed by atoms with Gasteiger partial charge in [-0.25, -0.2) is 4.98 Å². The van der Waals surface area contributed by atoms with Crippen LogP contribution in [0, 0.1) is 5.92 Å². The van der Waals surface area contributed by atoms with Crippen molar-refractivity contribution >= 4 is 5.82 Å². The van der Waals surface area contributed by atoms with Crippen LogP contribution in [-0.4, -0.2) is 23.6 Å². The van der Waals surface area contributed by atoms with Gasteiger partial charge in [-0.05, 0) is 12.0 Å². The Morgan fingerprint density at radius 3 is 2.77 bits per heavy atom. The maximum absolute atomic E-state index is 10.8. The zero-order valence-electron chi connectivity index (χ0n) is 8.19. The highest BCUT2D eigenvalue weighted by atomic mass is 16.3. The first-order valence-corrected chi connectivity index (χ1v) is 4.31. The summed E-state index contributed by atoms with van der Waals surface area (Å²) >= 11 is 0. The van der Waals surface area contributed by atoms with Gasteiger partial charge in [0.15, 0.2) is 0 Å². The molecular formula is C9H14N3O-. The van der Waals surface area contributed by atoms with E-state index in [1.165, 1.54) is 6.20 Å². The Hall–Kier alpha value is -1.32. The van der Waals surface area contributed by atoms with E-state index >= 15 is 0 Å². The van der Waals surface area contributed by atoms with Gasteiger partial charge in [0, 0.05) is 19.8 Å². The molecule has 0 amide bonds. The number of anilines is 1. The van der Waals surface area contributed by atoms with Crippen LogP contribution in [0.25, 0.3) is 0 Å². The van der Waals surface area contributed by atoms with Crippen molar-refractivity contribution in [1.29, 1.82) is 0 Å². The number of rotatable bonds is 3. The number of hydrogen-bond donors (Lipinski definition) is 0. The molecule has 0 aliphatic rings. The molecule has 0 unspecified atom stereocenters. The second kappa shape index (κ2) is 4.07. The summed E-state index contributed by atoms with van der Waals surface area (Å²) in [4.78, 5) is 9.25. The quantitative estimate of drug-likeness (QED) is 0.685. The molecule has 1 rings (SSSR count). The molecule has 0 aliphatic heterocycles. The Morgan fingerprint density at radius 1 is 1.54 bits per heavy atom. The molecule has 0 saturated carbocycles. The lowest BCUT2D eigenvalue weighted by Crippen LogP contribution is -2.23. The van der Waals surface area contributed by atoms with Gasteiger partial charge in [0.1, 0.15) is 5.82 Å². The Bertz CT molecular complexity index is 275. The third-order valence-electron chi connectivity index (χ3n) is 1.65. The first kappa shape index (κ1) is 9.77. The highest BCUT2D eigenvalue weighted by molar-refractivity contribution is 5.36. The monoisotopic (exact) mass is 180 g/mol. The summed E-state index contributed by atoms with van der Waals surface area (Å²) in [6, 6.07) is 1.32. The average Bonchev–Trinajstić information content (AvgIpc) is 2.03. The Balaban J connectivity index is 2.71. The fourth-order valence-electron chi connectivity index (χ4n) is 1.19. The van der Waals surface area contributed by atoms with Crippen LogP contribution in [0.3, 0.4) is 0 Å². The van der Waals surface area contributed by atoms with Crippen molar-refractivity contribution in [3.05, 3.63) is 12.3 Å². The zero-order valence-corrected chi connectivity index (χ0v) is 8.19. The van der Waals surface area contributed by atoms with Gasteiger partial charge in [-0.1, -0.05) is 13.8 Å². The molecule has 0 bridgehead atoms. The predicted molar refractivity (Wildman–Crippen MR) is 49.6 cm³/mol. The standard InChI is InChI=1S/C9H15N3O/c1-7(2)6-12(3)8-4-5-10-9(13)11-8/h4-5,7H,6H2,1-3H3,(H,10,11,13)/p-1. The number of nitrogens with zero attached hydrogens (tertiary/aromatic N) is 3. The average molecular weight is 180 g/mol. The molecule has 0 atom stereocenters. The Labute approximate surface area is 78.2 Å². The van der Waals surface area contributed by atoms with Crippen LogP contribution in [0.15, 0.2) is 12.3 Å². The molecule has 13 heavy (non-hydrogen) atoms. The smallest absolute Gasteiger partial charge is 0.130 e. The molecular weight excluding hydrogens is 166 g/mol. The molecule has 0 radical (unpaired) electrons. The van der Waals surface area contributed by atoms with E-state index in [1.807, 2.05) is 11.9 Å². The molecule has 1 aromatic rings. The molecule has 0 fully saturated rings. The van der Waals surface area contributed by atoms with Crippen molar-refractivity contribution in [1.82, 2.24) is 9.97 Å². The zero-order chi connectivity index (χ0) is 9.84. The number of aromatic nitrogens is 2. The molecule has 0 N–H and O–H groups in total. The van der Waals surface area contributed by atoms with Crippen LogP contribution in [0.2, 0.25) is 0 Å². The molecule has 1 heterocycles. The van der Waals surface area contributed by atoms with Gasteiger partial charge < -0.3 is 10.0 Å². The summed E-state index contributed by atoms with van der Waals surface area (Å²) in [7, 11) is 1.92. The van der Waals surface area contributed by atoms with Gasteiger partial charge in [-0.2, -0.15) is 0 Å². The van der Waals surface area contributed by atoms with Gasteiger partial charge in [0.2, 0.25) is 0 Å². The van der Waals surface area contributed by atoms with Crippen LogP contribution in [-0.2, 0) is 0 Å². The summed E-state index contributed by atoms with van der Waals surface area (Å²) in [5.74, 6) is 1.24. The van der Waals surface area contributed by atoms with E-state index in [1.54, 1.807) is 6.07 Å². The van der Waals surface area contributed by atoms with Crippen molar-refractivity contribution in [2.45, 2.75) is 13.8 Å². The minimum absolute atomic E-state index is 0.423. The lowest BCUT2D eigenvalue weighted by molar-refractivity contribution is -0.281. The van der Waals surface area contributed by atoms with E-state index in [0.29, 0.717) is 11.7 Å². The van der Waals surface area contributed by atoms with Crippen LogP contribution >= 0.6 is 0 Å². The summed E-state index contributed by atoms with van der Waals surface area (Å²) in [6.45, 7) is 5.13. The van der Waals surface area contributed by atoms with Crippen molar-refractivity contribution in [3.8, 4) is 6.01 Å². The van der Waals surface area contributed by atoms with E-state index in [9.17, 15) is 5.11 Å². The van der Waals surface area contributed by atoms with Crippen molar-refractivity contribution in [3.63, 3.8) is 0 Å². The fraction of sp³-hybridized carbons (Fsp3) is 0.556. The Kier molecular flexibility index (Phi) is 3.06. The number of hydrogen-bond acceptors (Lipinski definition) is 4. The topological polar surface area (TPSA) is 52.1 Å². The Morgan fingerprint density at radius 2 is 2.23 bits per heavy atom. The highest BCUT2D eigenvalue weighted by Gasteiger charge is 2.03. The van der Waals surface area contributed by atoms with Gasteiger partial charge in [-0.3, -0.25) is 4.98 Å². The molecule has 1 aromatic heterocycles. The van der Waals surface area contributed by atoms with E-state index in [0.717, 1.165) is 6.54 Å². The van der Waals surface area contributed by atoms with E-state index in [4.69, 9.17) is 0 Å². The molecule has 0 spiro atoms. The first-order valence-electron chi connectivity index (χ1n) is 4.31. The molecule has 0 aromatic carbocycles. The predicted octanol–water partition coefficient (Wildman–Crippen LogP) is 0.642. The fourth-order valence-corrected chi connectivity index (χ4v) is 1.19. The summed E-state index contributed by atoms with van der Waals surface area (Å²) in [5, 5.41) is 10.8. The maximum atomic E-state index is 10.8. The first-order chi connectivity index (χ1) is 6.09. The minimum Gasteiger partial charge on any atom is -0.844 e. The SMILES string of the molecule is CC(C)CN(C)c1ccnc([O-])n1. The van der Waals surface area contributed by atoms with Crippen molar-refractivity contribution < 1.29 is 5.11 Å². The van der Waals surface area contributed by atoms with E-state index in [2.05, 4.69) is 23.8 Å². The second-order valence-electron chi connectivity index (χ2n) is 3.47. The van der Waals surface area contributed by atoms with E-state index in [-0.39, 0.29) is 0 Å². The minimum atomic E-state index is -0.423. The van der Waals surface area contributed by atoms with Gasteiger partial charge in [0.25, 0.3) is 0 Å². The second-order valence-corrected chi connectivity index (χ2v) is 3.47. The van der Waals surface area contributed by atoms with Gasteiger partial charge in [0.05, 0.1) is 6.01 Å². The molecule has 0 aliphatic carbocycles. The van der Waals surface area contributed by atoms with E-state index < -0.39 is 6.01 Å². The molecule has 4 heteroatoms. The maximum Gasteiger partial charge on any atom is 0.130 e. The largest absolute Gasteiger partial charge is 0.844 e. The molecule has 72 valence electrons. The van der Waals surface area contributed by atoms with Crippen LogP contribution < -0.4 is 10.0 Å². The third-order valence-corrected chi connectivity index (χ3v) is 1.65. The molecule has 0 saturated heterocycles. The van der Waals surface area contributed by atoms with Crippen LogP contribution in [0.5, 0.6) is 6.01 Å². The lowest BCUT2D eigenvalue weighted by atomic mass is 10.2. The summed E-state index contributed by atoms with van der Waals surface area (Å²) in [6.07, 6.45) is 1.49. The summed E-state index contributed by atoms with van der Waals surface area (Å²) < 4.78 is 0. The normalized spacial score (nSPS) is 10.5. The highest BCUT2D eigenvalue weighted by Crippen LogP contribution is 2.10. The van der Waals surface area contributed by atoms with Gasteiger partial charge >= 0.3 is 0 Å². The third kappa shape index (κ3) is 2.89. The summed E-state index contributed by atoms with van der Waals surface area (Å²) in [5.41, 5.74) is 0.